The Morgan fingerprint density at radius 2 is 2.15 bits per heavy atom. The van der Waals surface area contributed by atoms with E-state index in [4.69, 9.17) is 4.74 Å². The van der Waals surface area contributed by atoms with Crippen LogP contribution < -0.4 is 4.74 Å². The van der Waals surface area contributed by atoms with Crippen LogP contribution in [0.4, 0.5) is 0 Å². The molecule has 0 aliphatic rings. The number of rotatable bonds is 3. The summed E-state index contributed by atoms with van der Waals surface area (Å²) in [5, 5.41) is 0. The quantitative estimate of drug-likeness (QED) is 0.664. The largest absolute Gasteiger partial charge is 0.496 e. The Morgan fingerprint density at radius 1 is 1.46 bits per heavy atom. The molecule has 0 unspecified atom stereocenters. The number of hydrogen-bond donors (Lipinski definition) is 0. The van der Waals surface area contributed by atoms with Crippen LogP contribution in [0.5, 0.6) is 5.75 Å². The zero-order chi connectivity index (χ0) is 9.84. The zero-order valence-corrected chi connectivity index (χ0v) is 8.26. The van der Waals surface area contributed by atoms with E-state index in [1.54, 1.807) is 20.1 Å². The lowest BCUT2D eigenvalue weighted by Gasteiger charge is -2.09. The van der Waals surface area contributed by atoms with Gasteiger partial charge in [0, 0.05) is 0 Å². The molecule has 13 heavy (non-hydrogen) atoms. The summed E-state index contributed by atoms with van der Waals surface area (Å²) in [7, 11) is 1.60. The Bertz CT molecular complexity index is 316. The smallest absolute Gasteiger partial charge is 0.163 e. The van der Waals surface area contributed by atoms with Crippen molar-refractivity contribution in [3.63, 3.8) is 0 Å². The van der Waals surface area contributed by atoms with Crippen LogP contribution in [0.1, 0.15) is 29.8 Å². The van der Waals surface area contributed by atoms with Crippen molar-refractivity contribution in [3.8, 4) is 5.75 Å². The third-order valence-electron chi connectivity index (χ3n) is 2.06. The lowest BCUT2D eigenvalue weighted by Crippen LogP contribution is -2.00. The molecule has 0 fully saturated rings. The second-order valence-electron chi connectivity index (χ2n) is 2.91. The normalized spacial score (nSPS) is 9.77. The number of methoxy groups -OCH3 is 1. The number of ketones is 1. The second kappa shape index (κ2) is 4.08. The molecule has 0 spiro atoms. The average molecular weight is 178 g/mol. The first-order valence-corrected chi connectivity index (χ1v) is 4.37. The highest BCUT2D eigenvalue weighted by atomic mass is 16.5. The molecule has 2 heteroatoms. The van der Waals surface area contributed by atoms with Crippen molar-refractivity contribution in [1.29, 1.82) is 0 Å². The third-order valence-corrected chi connectivity index (χ3v) is 2.06. The van der Waals surface area contributed by atoms with Gasteiger partial charge in [0.1, 0.15) is 5.75 Å². The van der Waals surface area contributed by atoms with Gasteiger partial charge >= 0.3 is 0 Å². The predicted octanol–water partition coefficient (Wildman–Crippen LogP) is 2.46. The van der Waals surface area contributed by atoms with Gasteiger partial charge in [0.05, 0.1) is 12.7 Å². The number of Topliss-reactive ketones (excluding diaryl/α,β-unsaturated/α-hetero) is 1. The average Bonchev–Trinajstić information content (AvgIpc) is 2.16. The van der Waals surface area contributed by atoms with Gasteiger partial charge in [0.25, 0.3) is 0 Å². The van der Waals surface area contributed by atoms with Crippen molar-refractivity contribution in [2.24, 2.45) is 0 Å². The number of carbonyl (C=O) groups is 1. The van der Waals surface area contributed by atoms with Gasteiger partial charge in [-0.15, -0.1) is 0 Å². The Labute approximate surface area is 78.5 Å². The SMILES string of the molecule is CCc1cccc(C(C)=O)c1OC. The lowest BCUT2D eigenvalue weighted by atomic mass is 10.0. The number of carbonyl (C=O) groups excluding carboxylic acids is 1. The maximum Gasteiger partial charge on any atom is 0.163 e. The van der Waals surface area contributed by atoms with Gasteiger partial charge in [-0.05, 0) is 25.0 Å². The van der Waals surface area contributed by atoms with Gasteiger partial charge in [-0.25, -0.2) is 0 Å². The highest BCUT2D eigenvalue weighted by Crippen LogP contribution is 2.24. The van der Waals surface area contributed by atoms with Gasteiger partial charge < -0.3 is 4.74 Å². The molecular formula is C11H14O2. The molecule has 0 bridgehead atoms. The van der Waals surface area contributed by atoms with Crippen molar-refractivity contribution in [1.82, 2.24) is 0 Å². The van der Waals surface area contributed by atoms with Gasteiger partial charge in [0.2, 0.25) is 0 Å². The third kappa shape index (κ3) is 1.89. The molecule has 1 rings (SSSR count). The first kappa shape index (κ1) is 9.78. The lowest BCUT2D eigenvalue weighted by molar-refractivity contribution is 0.101. The Kier molecular flexibility index (Phi) is 3.07. The first-order valence-electron chi connectivity index (χ1n) is 4.37. The molecule has 0 amide bonds. The van der Waals surface area contributed by atoms with Crippen molar-refractivity contribution >= 4 is 5.78 Å². The number of aryl methyl sites for hydroxylation is 1. The van der Waals surface area contributed by atoms with Crippen LogP contribution in [-0.2, 0) is 6.42 Å². The Balaban J connectivity index is 3.27. The van der Waals surface area contributed by atoms with Crippen LogP contribution >= 0.6 is 0 Å². The molecule has 0 aliphatic heterocycles. The fraction of sp³-hybridized carbons (Fsp3) is 0.364. The van der Waals surface area contributed by atoms with E-state index in [1.165, 1.54) is 0 Å². The summed E-state index contributed by atoms with van der Waals surface area (Å²) < 4.78 is 5.21. The molecule has 0 N–H and O–H groups in total. The molecule has 0 radical (unpaired) electrons. The molecule has 0 aliphatic carbocycles. The second-order valence-corrected chi connectivity index (χ2v) is 2.91. The van der Waals surface area contributed by atoms with E-state index >= 15 is 0 Å². The molecule has 70 valence electrons. The summed E-state index contributed by atoms with van der Waals surface area (Å²) in [6.45, 7) is 3.60. The fourth-order valence-electron chi connectivity index (χ4n) is 1.38. The number of hydrogen-bond acceptors (Lipinski definition) is 2. The van der Waals surface area contributed by atoms with E-state index in [0.29, 0.717) is 5.56 Å². The summed E-state index contributed by atoms with van der Waals surface area (Å²) in [5.74, 6) is 0.768. The van der Waals surface area contributed by atoms with Crippen molar-refractivity contribution in [2.75, 3.05) is 7.11 Å². The summed E-state index contributed by atoms with van der Waals surface area (Å²) >= 11 is 0. The van der Waals surface area contributed by atoms with Gasteiger partial charge in [0.15, 0.2) is 5.78 Å². The maximum atomic E-state index is 11.2. The molecule has 2 nitrogen and oxygen atoms in total. The topological polar surface area (TPSA) is 26.3 Å². The highest BCUT2D eigenvalue weighted by Gasteiger charge is 2.10. The molecule has 1 aromatic rings. The minimum Gasteiger partial charge on any atom is -0.496 e. The molecule has 1 aromatic carbocycles. The fourth-order valence-corrected chi connectivity index (χ4v) is 1.38. The highest BCUT2D eigenvalue weighted by molar-refractivity contribution is 5.97. The predicted molar refractivity (Wildman–Crippen MR) is 52.4 cm³/mol. The van der Waals surface area contributed by atoms with E-state index in [0.717, 1.165) is 17.7 Å². The molecule has 0 aromatic heterocycles. The number of ether oxygens (including phenoxy) is 1. The van der Waals surface area contributed by atoms with Gasteiger partial charge in [-0.3, -0.25) is 4.79 Å². The van der Waals surface area contributed by atoms with Crippen LogP contribution in [0.2, 0.25) is 0 Å². The number of benzene rings is 1. The molecule has 0 heterocycles. The Morgan fingerprint density at radius 3 is 2.62 bits per heavy atom. The molecule has 0 saturated carbocycles. The molecule has 0 atom stereocenters. The van der Waals surface area contributed by atoms with Crippen LogP contribution in [0.3, 0.4) is 0 Å². The van der Waals surface area contributed by atoms with Crippen molar-refractivity contribution < 1.29 is 9.53 Å². The van der Waals surface area contributed by atoms with E-state index in [1.807, 2.05) is 19.1 Å². The van der Waals surface area contributed by atoms with Crippen LogP contribution in [-0.4, -0.2) is 12.9 Å². The van der Waals surface area contributed by atoms with Crippen LogP contribution in [0, 0.1) is 0 Å². The molecular weight excluding hydrogens is 164 g/mol. The van der Waals surface area contributed by atoms with E-state index in [9.17, 15) is 4.79 Å². The summed E-state index contributed by atoms with van der Waals surface area (Å²) in [5.41, 5.74) is 1.75. The standard InChI is InChI=1S/C11H14O2/c1-4-9-6-5-7-10(8(2)12)11(9)13-3/h5-7H,4H2,1-3H3. The first-order chi connectivity index (χ1) is 6.20. The molecule has 0 saturated heterocycles. The summed E-state index contributed by atoms with van der Waals surface area (Å²) in [4.78, 5) is 11.2. The zero-order valence-electron chi connectivity index (χ0n) is 8.26. The van der Waals surface area contributed by atoms with Crippen molar-refractivity contribution in [3.05, 3.63) is 29.3 Å². The van der Waals surface area contributed by atoms with E-state index in [-0.39, 0.29) is 5.78 Å². The number of para-hydroxylation sites is 1. The minimum atomic E-state index is 0.0483. The summed E-state index contributed by atoms with van der Waals surface area (Å²) in [6, 6.07) is 5.66. The summed E-state index contributed by atoms with van der Waals surface area (Å²) in [6.07, 6.45) is 0.879. The van der Waals surface area contributed by atoms with Crippen molar-refractivity contribution in [2.45, 2.75) is 20.3 Å². The van der Waals surface area contributed by atoms with E-state index < -0.39 is 0 Å². The minimum absolute atomic E-state index is 0.0483. The van der Waals surface area contributed by atoms with Crippen LogP contribution in [0.25, 0.3) is 0 Å². The van der Waals surface area contributed by atoms with Crippen LogP contribution in [0.15, 0.2) is 18.2 Å². The van der Waals surface area contributed by atoms with Gasteiger partial charge in [-0.2, -0.15) is 0 Å². The Hall–Kier alpha value is -1.31. The monoisotopic (exact) mass is 178 g/mol. The maximum absolute atomic E-state index is 11.2. The van der Waals surface area contributed by atoms with Gasteiger partial charge in [-0.1, -0.05) is 19.1 Å². The van der Waals surface area contributed by atoms with E-state index in [2.05, 4.69) is 0 Å².